The van der Waals surface area contributed by atoms with Crippen molar-refractivity contribution < 1.29 is 9.18 Å². The van der Waals surface area contributed by atoms with E-state index in [1.165, 1.54) is 12.1 Å². The van der Waals surface area contributed by atoms with Crippen LogP contribution < -0.4 is 0 Å². The lowest BCUT2D eigenvalue weighted by Crippen LogP contribution is -2.08. The molecule has 0 aliphatic rings. The molecule has 0 fully saturated rings. The van der Waals surface area contributed by atoms with Gasteiger partial charge in [-0.25, -0.2) is 4.39 Å². The van der Waals surface area contributed by atoms with Crippen LogP contribution in [0.3, 0.4) is 0 Å². The maximum atomic E-state index is 13.2. The number of nitrogens with zero attached hydrogens (tertiary/aromatic N) is 2. The predicted octanol–water partition coefficient (Wildman–Crippen LogP) is 3.12. The molecule has 1 aromatic heterocycles. The van der Waals surface area contributed by atoms with Gasteiger partial charge in [0.25, 0.3) is 0 Å². The molecule has 0 radical (unpaired) electrons. The Morgan fingerprint density at radius 2 is 1.89 bits per heavy atom. The third-order valence-electron chi connectivity index (χ3n) is 2.52. The Labute approximate surface area is 109 Å². The standard InChI is InChI=1S/C13H10ClFN2O/c1-7-5-10(8(2)17-16-7)13(18)11-6-9(15)3-4-12(11)14/h3-6H,1-2H3. The van der Waals surface area contributed by atoms with Crippen LogP contribution in [-0.2, 0) is 0 Å². The molecule has 0 amide bonds. The topological polar surface area (TPSA) is 42.9 Å². The summed E-state index contributed by atoms with van der Waals surface area (Å²) in [5.74, 6) is -0.853. The Kier molecular flexibility index (Phi) is 3.39. The van der Waals surface area contributed by atoms with E-state index in [0.29, 0.717) is 17.0 Å². The lowest BCUT2D eigenvalue weighted by Gasteiger charge is -2.06. The molecule has 1 heterocycles. The molecule has 92 valence electrons. The number of carbonyl (C=O) groups excluding carboxylic acids is 1. The molecule has 18 heavy (non-hydrogen) atoms. The zero-order chi connectivity index (χ0) is 13.3. The van der Waals surface area contributed by atoms with E-state index in [-0.39, 0.29) is 16.4 Å². The van der Waals surface area contributed by atoms with Crippen LogP contribution in [0.2, 0.25) is 5.02 Å². The van der Waals surface area contributed by atoms with Crippen LogP contribution in [-0.4, -0.2) is 16.0 Å². The highest BCUT2D eigenvalue weighted by molar-refractivity contribution is 6.35. The van der Waals surface area contributed by atoms with Crippen molar-refractivity contribution >= 4 is 17.4 Å². The first-order chi connectivity index (χ1) is 8.49. The first kappa shape index (κ1) is 12.6. The quantitative estimate of drug-likeness (QED) is 0.783. The van der Waals surface area contributed by atoms with Crippen LogP contribution in [0, 0.1) is 19.7 Å². The largest absolute Gasteiger partial charge is 0.288 e. The molecule has 0 saturated heterocycles. The van der Waals surface area contributed by atoms with Crippen molar-refractivity contribution in [3.05, 3.63) is 57.6 Å². The number of ketones is 1. The second-order valence-electron chi connectivity index (χ2n) is 3.94. The van der Waals surface area contributed by atoms with Crippen LogP contribution in [0.5, 0.6) is 0 Å². The van der Waals surface area contributed by atoms with E-state index < -0.39 is 5.82 Å². The summed E-state index contributed by atoms with van der Waals surface area (Å²) in [6, 6.07) is 5.31. The van der Waals surface area contributed by atoms with Gasteiger partial charge in [0, 0.05) is 11.1 Å². The van der Waals surface area contributed by atoms with Gasteiger partial charge in [-0.1, -0.05) is 11.6 Å². The lowest BCUT2D eigenvalue weighted by molar-refractivity contribution is 0.103. The number of aryl methyl sites for hydroxylation is 2. The zero-order valence-corrected chi connectivity index (χ0v) is 10.6. The first-order valence-corrected chi connectivity index (χ1v) is 5.67. The molecule has 0 atom stereocenters. The SMILES string of the molecule is Cc1cc(C(=O)c2cc(F)ccc2Cl)c(C)nn1. The second-order valence-corrected chi connectivity index (χ2v) is 4.35. The molecule has 0 spiro atoms. The van der Waals surface area contributed by atoms with Gasteiger partial charge in [0.1, 0.15) is 5.82 Å². The van der Waals surface area contributed by atoms with Crippen molar-refractivity contribution in [3.63, 3.8) is 0 Å². The molecule has 0 aliphatic carbocycles. The van der Waals surface area contributed by atoms with Crippen molar-refractivity contribution in [2.24, 2.45) is 0 Å². The molecule has 3 nitrogen and oxygen atoms in total. The van der Waals surface area contributed by atoms with Gasteiger partial charge in [-0.05, 0) is 38.1 Å². The molecule has 0 N–H and O–H groups in total. The Hall–Kier alpha value is -1.81. The minimum atomic E-state index is -0.501. The van der Waals surface area contributed by atoms with Gasteiger partial charge in [-0.15, -0.1) is 0 Å². The maximum Gasteiger partial charge on any atom is 0.196 e. The molecule has 2 rings (SSSR count). The molecule has 0 saturated carbocycles. The molecule has 0 unspecified atom stereocenters. The van der Waals surface area contributed by atoms with E-state index in [2.05, 4.69) is 10.2 Å². The number of hydrogen-bond acceptors (Lipinski definition) is 3. The van der Waals surface area contributed by atoms with Crippen molar-refractivity contribution in [1.82, 2.24) is 10.2 Å². The predicted molar refractivity (Wildman–Crippen MR) is 66.3 cm³/mol. The van der Waals surface area contributed by atoms with E-state index in [1.54, 1.807) is 19.9 Å². The third-order valence-corrected chi connectivity index (χ3v) is 2.85. The Balaban J connectivity index is 2.54. The molecule has 5 heteroatoms. The highest BCUT2D eigenvalue weighted by Crippen LogP contribution is 2.21. The number of aromatic nitrogens is 2. The Bertz CT molecular complexity index is 575. The average Bonchev–Trinajstić information content (AvgIpc) is 2.34. The van der Waals surface area contributed by atoms with Crippen molar-refractivity contribution in [1.29, 1.82) is 0 Å². The maximum absolute atomic E-state index is 13.2. The van der Waals surface area contributed by atoms with Crippen LogP contribution in [0.1, 0.15) is 27.3 Å². The summed E-state index contributed by atoms with van der Waals surface area (Å²) in [4.78, 5) is 12.3. The van der Waals surface area contributed by atoms with Crippen LogP contribution in [0.4, 0.5) is 4.39 Å². The summed E-state index contributed by atoms with van der Waals surface area (Å²) in [6.45, 7) is 3.41. The number of hydrogen-bond donors (Lipinski definition) is 0. The molecular formula is C13H10ClFN2O. The van der Waals surface area contributed by atoms with Crippen molar-refractivity contribution in [3.8, 4) is 0 Å². The molecular weight excluding hydrogens is 255 g/mol. The smallest absolute Gasteiger partial charge is 0.196 e. The van der Waals surface area contributed by atoms with E-state index in [0.717, 1.165) is 6.07 Å². The Morgan fingerprint density at radius 1 is 1.17 bits per heavy atom. The van der Waals surface area contributed by atoms with E-state index >= 15 is 0 Å². The summed E-state index contributed by atoms with van der Waals surface area (Å²) >= 11 is 5.91. The van der Waals surface area contributed by atoms with Gasteiger partial charge in [-0.2, -0.15) is 10.2 Å². The number of rotatable bonds is 2. The summed E-state index contributed by atoms with van der Waals surface area (Å²) in [7, 11) is 0. The molecule has 0 aliphatic heterocycles. The molecule has 0 bridgehead atoms. The van der Waals surface area contributed by atoms with Crippen molar-refractivity contribution in [2.45, 2.75) is 13.8 Å². The van der Waals surface area contributed by atoms with Crippen LogP contribution in [0.15, 0.2) is 24.3 Å². The minimum absolute atomic E-state index is 0.132. The fourth-order valence-electron chi connectivity index (χ4n) is 1.60. The number of carbonyl (C=O) groups is 1. The summed E-state index contributed by atoms with van der Waals surface area (Å²) in [5, 5.41) is 7.93. The zero-order valence-electron chi connectivity index (χ0n) is 9.87. The summed E-state index contributed by atoms with van der Waals surface area (Å²) in [5.41, 5.74) is 1.63. The highest BCUT2D eigenvalue weighted by Gasteiger charge is 2.17. The molecule has 2 aromatic rings. The van der Waals surface area contributed by atoms with Crippen LogP contribution >= 0.6 is 11.6 Å². The van der Waals surface area contributed by atoms with E-state index in [1.807, 2.05) is 0 Å². The van der Waals surface area contributed by atoms with Gasteiger partial charge < -0.3 is 0 Å². The number of halogens is 2. The van der Waals surface area contributed by atoms with Gasteiger partial charge in [0.15, 0.2) is 5.78 Å². The third kappa shape index (κ3) is 2.38. The molecule has 1 aromatic carbocycles. The summed E-state index contributed by atoms with van der Waals surface area (Å²) < 4.78 is 13.2. The highest BCUT2D eigenvalue weighted by atomic mass is 35.5. The normalized spacial score (nSPS) is 10.4. The summed E-state index contributed by atoms with van der Waals surface area (Å²) in [6.07, 6.45) is 0. The fraction of sp³-hybridized carbons (Fsp3) is 0.154. The first-order valence-electron chi connectivity index (χ1n) is 5.29. The van der Waals surface area contributed by atoms with Crippen molar-refractivity contribution in [2.75, 3.05) is 0 Å². The second kappa shape index (κ2) is 4.82. The minimum Gasteiger partial charge on any atom is -0.288 e. The average molecular weight is 265 g/mol. The van der Waals surface area contributed by atoms with E-state index in [9.17, 15) is 9.18 Å². The monoisotopic (exact) mass is 264 g/mol. The lowest BCUT2D eigenvalue weighted by atomic mass is 10.0. The van der Waals surface area contributed by atoms with Gasteiger partial charge >= 0.3 is 0 Å². The van der Waals surface area contributed by atoms with E-state index in [4.69, 9.17) is 11.6 Å². The van der Waals surface area contributed by atoms with Crippen LogP contribution in [0.25, 0.3) is 0 Å². The number of benzene rings is 1. The van der Waals surface area contributed by atoms with Gasteiger partial charge in [-0.3, -0.25) is 4.79 Å². The van der Waals surface area contributed by atoms with Gasteiger partial charge in [0.2, 0.25) is 0 Å². The fourth-order valence-corrected chi connectivity index (χ4v) is 1.80. The Morgan fingerprint density at radius 3 is 2.61 bits per heavy atom. The van der Waals surface area contributed by atoms with Gasteiger partial charge in [0.05, 0.1) is 16.4 Å².